The Balaban J connectivity index is 1.98. The minimum atomic E-state index is -0.704. The van der Waals surface area contributed by atoms with Crippen LogP contribution in [0.2, 0.25) is 5.02 Å². The number of hydrogen-bond acceptors (Lipinski definition) is 4. The summed E-state index contributed by atoms with van der Waals surface area (Å²) >= 11 is 6.05. The summed E-state index contributed by atoms with van der Waals surface area (Å²) < 4.78 is 0. The summed E-state index contributed by atoms with van der Waals surface area (Å²) in [4.78, 5) is 36.9. The molecule has 1 N–H and O–H groups in total. The molecule has 106 valence electrons. The van der Waals surface area contributed by atoms with Gasteiger partial charge in [0.2, 0.25) is 11.8 Å². The molecular weight excluding hydrogens is 294 g/mol. The van der Waals surface area contributed by atoms with E-state index in [1.165, 1.54) is 11.0 Å². The highest BCUT2D eigenvalue weighted by atomic mass is 35.5. The van der Waals surface area contributed by atoms with Crippen molar-refractivity contribution in [2.24, 2.45) is 0 Å². The lowest BCUT2D eigenvalue weighted by Crippen LogP contribution is -2.52. The van der Waals surface area contributed by atoms with E-state index in [4.69, 9.17) is 16.9 Å². The van der Waals surface area contributed by atoms with E-state index < -0.39 is 11.9 Å². The Morgan fingerprint density at radius 1 is 1.33 bits per heavy atom. The van der Waals surface area contributed by atoms with Gasteiger partial charge < -0.3 is 4.90 Å². The van der Waals surface area contributed by atoms with E-state index in [0.29, 0.717) is 11.1 Å². The summed E-state index contributed by atoms with van der Waals surface area (Å²) in [5, 5.41) is 11.6. The molecular formula is C14H10ClN3O3. The highest BCUT2D eigenvalue weighted by Gasteiger charge is 2.40. The lowest BCUT2D eigenvalue weighted by atomic mass is 10.0. The zero-order chi connectivity index (χ0) is 15.1. The normalized spacial score (nSPS) is 21.0. The third kappa shape index (κ3) is 2.06. The topological polar surface area (TPSA) is 90.3 Å². The summed E-state index contributed by atoms with van der Waals surface area (Å²) in [5.41, 5.74) is 1.19. The van der Waals surface area contributed by atoms with Crippen LogP contribution in [-0.2, 0) is 16.1 Å². The number of benzene rings is 1. The predicted molar refractivity (Wildman–Crippen MR) is 72.2 cm³/mol. The molecule has 21 heavy (non-hydrogen) atoms. The molecule has 7 heteroatoms. The standard InChI is InChI=1S/C14H10ClN3O3/c15-9-2-1-7(5-16)8-6-18(14(21)12(8)9)10-3-4-11(19)17-13(10)20/h1-2,10H,3-4,6H2,(H,17,19,20). The fourth-order valence-corrected chi connectivity index (χ4v) is 2.99. The summed E-state index contributed by atoms with van der Waals surface area (Å²) in [5.74, 6) is -1.19. The number of amides is 3. The number of piperidine rings is 1. The molecule has 0 saturated carbocycles. The Morgan fingerprint density at radius 2 is 2.10 bits per heavy atom. The summed E-state index contributed by atoms with van der Waals surface area (Å²) in [7, 11) is 0. The Morgan fingerprint density at radius 3 is 2.76 bits per heavy atom. The van der Waals surface area contributed by atoms with Crippen LogP contribution in [0.25, 0.3) is 0 Å². The number of hydrogen-bond donors (Lipinski definition) is 1. The van der Waals surface area contributed by atoms with Crippen molar-refractivity contribution in [3.05, 3.63) is 33.8 Å². The molecule has 1 fully saturated rings. The van der Waals surface area contributed by atoms with Crippen LogP contribution in [0.5, 0.6) is 0 Å². The molecule has 1 unspecified atom stereocenters. The monoisotopic (exact) mass is 303 g/mol. The molecule has 1 aromatic rings. The molecule has 0 spiro atoms. The Bertz CT molecular complexity index is 723. The maximum atomic E-state index is 12.5. The van der Waals surface area contributed by atoms with Crippen LogP contribution >= 0.6 is 11.6 Å². The van der Waals surface area contributed by atoms with Crippen LogP contribution < -0.4 is 5.32 Å². The van der Waals surface area contributed by atoms with E-state index in [2.05, 4.69) is 5.32 Å². The van der Waals surface area contributed by atoms with Crippen molar-refractivity contribution < 1.29 is 14.4 Å². The number of imide groups is 1. The molecule has 3 amide bonds. The molecule has 1 aromatic carbocycles. The first kappa shape index (κ1) is 13.6. The molecule has 0 aliphatic carbocycles. The van der Waals surface area contributed by atoms with Gasteiger partial charge in [-0.15, -0.1) is 0 Å². The van der Waals surface area contributed by atoms with E-state index in [9.17, 15) is 14.4 Å². The second kappa shape index (κ2) is 4.86. The van der Waals surface area contributed by atoms with Gasteiger partial charge in [-0.3, -0.25) is 19.7 Å². The number of carbonyl (C=O) groups excluding carboxylic acids is 3. The Labute approximate surface area is 125 Å². The maximum absolute atomic E-state index is 12.5. The minimum Gasteiger partial charge on any atom is -0.322 e. The fraction of sp³-hybridized carbons (Fsp3) is 0.286. The van der Waals surface area contributed by atoms with Gasteiger partial charge in [0.25, 0.3) is 5.91 Å². The van der Waals surface area contributed by atoms with Gasteiger partial charge in [0, 0.05) is 18.5 Å². The Hall–Kier alpha value is -2.39. The molecule has 0 radical (unpaired) electrons. The predicted octanol–water partition coefficient (Wildman–Crippen LogP) is 0.973. The zero-order valence-corrected chi connectivity index (χ0v) is 11.6. The number of fused-ring (bicyclic) bond motifs is 1. The first-order valence-electron chi connectivity index (χ1n) is 6.39. The van der Waals surface area contributed by atoms with Crippen LogP contribution in [0, 0.1) is 11.3 Å². The minimum absolute atomic E-state index is 0.157. The number of nitrogens with zero attached hydrogens (tertiary/aromatic N) is 2. The second-order valence-electron chi connectivity index (χ2n) is 4.96. The number of nitrogens with one attached hydrogen (secondary N) is 1. The molecule has 6 nitrogen and oxygen atoms in total. The smallest absolute Gasteiger partial charge is 0.256 e. The highest BCUT2D eigenvalue weighted by molar-refractivity contribution is 6.34. The van der Waals surface area contributed by atoms with Gasteiger partial charge >= 0.3 is 0 Å². The molecule has 2 aliphatic heterocycles. The average molecular weight is 304 g/mol. The quantitative estimate of drug-likeness (QED) is 0.783. The van der Waals surface area contributed by atoms with E-state index >= 15 is 0 Å². The lowest BCUT2D eigenvalue weighted by Gasteiger charge is -2.29. The third-order valence-electron chi connectivity index (χ3n) is 3.77. The maximum Gasteiger partial charge on any atom is 0.256 e. The van der Waals surface area contributed by atoms with Gasteiger partial charge in [-0.25, -0.2) is 0 Å². The van der Waals surface area contributed by atoms with Crippen molar-refractivity contribution in [1.29, 1.82) is 5.26 Å². The van der Waals surface area contributed by atoms with Crippen LogP contribution in [0.1, 0.15) is 34.3 Å². The molecule has 1 saturated heterocycles. The van der Waals surface area contributed by atoms with Gasteiger partial charge in [0.1, 0.15) is 6.04 Å². The summed E-state index contributed by atoms with van der Waals surface area (Å²) in [6.07, 6.45) is 0.472. The number of rotatable bonds is 1. The molecule has 0 aromatic heterocycles. The molecule has 0 bridgehead atoms. The van der Waals surface area contributed by atoms with E-state index in [1.54, 1.807) is 6.07 Å². The van der Waals surface area contributed by atoms with Gasteiger partial charge in [-0.05, 0) is 18.6 Å². The van der Waals surface area contributed by atoms with Gasteiger partial charge in [0.05, 0.1) is 22.2 Å². The van der Waals surface area contributed by atoms with Crippen molar-refractivity contribution in [2.45, 2.75) is 25.4 Å². The first-order valence-corrected chi connectivity index (χ1v) is 6.77. The average Bonchev–Trinajstić information content (AvgIpc) is 2.78. The highest BCUT2D eigenvalue weighted by Crippen LogP contribution is 2.34. The van der Waals surface area contributed by atoms with Crippen LogP contribution in [0.3, 0.4) is 0 Å². The molecule has 2 heterocycles. The SMILES string of the molecule is N#Cc1ccc(Cl)c2c1CN(C1CCC(=O)NC1=O)C2=O. The number of carbonyl (C=O) groups is 3. The molecule has 3 rings (SSSR count). The van der Waals surface area contributed by atoms with E-state index in [0.717, 1.165) is 0 Å². The van der Waals surface area contributed by atoms with E-state index in [1.807, 2.05) is 6.07 Å². The third-order valence-corrected chi connectivity index (χ3v) is 4.09. The van der Waals surface area contributed by atoms with Crippen molar-refractivity contribution in [3.63, 3.8) is 0 Å². The van der Waals surface area contributed by atoms with Crippen molar-refractivity contribution >= 4 is 29.3 Å². The first-order chi connectivity index (χ1) is 10.0. The fourth-order valence-electron chi connectivity index (χ4n) is 2.74. The number of halogens is 1. The molecule has 2 aliphatic rings. The van der Waals surface area contributed by atoms with Crippen LogP contribution in [0.15, 0.2) is 12.1 Å². The lowest BCUT2D eigenvalue weighted by molar-refractivity contribution is -0.136. The van der Waals surface area contributed by atoms with Crippen LogP contribution in [0.4, 0.5) is 0 Å². The Kier molecular flexibility index (Phi) is 3.15. The summed E-state index contributed by atoms with van der Waals surface area (Å²) in [6, 6.07) is 4.38. The van der Waals surface area contributed by atoms with Crippen LogP contribution in [-0.4, -0.2) is 28.7 Å². The summed E-state index contributed by atoms with van der Waals surface area (Å²) in [6.45, 7) is 0.157. The van der Waals surface area contributed by atoms with Crippen molar-refractivity contribution in [3.8, 4) is 6.07 Å². The van der Waals surface area contributed by atoms with Gasteiger partial charge in [-0.2, -0.15) is 5.26 Å². The zero-order valence-electron chi connectivity index (χ0n) is 10.9. The van der Waals surface area contributed by atoms with E-state index in [-0.39, 0.29) is 41.8 Å². The van der Waals surface area contributed by atoms with Gasteiger partial charge in [0.15, 0.2) is 0 Å². The van der Waals surface area contributed by atoms with Gasteiger partial charge in [-0.1, -0.05) is 11.6 Å². The van der Waals surface area contributed by atoms with Crippen molar-refractivity contribution in [2.75, 3.05) is 0 Å². The largest absolute Gasteiger partial charge is 0.322 e. The second-order valence-corrected chi connectivity index (χ2v) is 5.37. The number of nitriles is 1. The molecule has 1 atom stereocenters. The van der Waals surface area contributed by atoms with Crippen molar-refractivity contribution in [1.82, 2.24) is 10.2 Å².